The van der Waals surface area contributed by atoms with Crippen LogP contribution in [0.3, 0.4) is 0 Å². The summed E-state index contributed by atoms with van der Waals surface area (Å²) >= 11 is 0. The van der Waals surface area contributed by atoms with E-state index in [-0.39, 0.29) is 0 Å². The second-order valence-electron chi connectivity index (χ2n) is 3.75. The van der Waals surface area contributed by atoms with Crippen molar-refractivity contribution in [3.63, 3.8) is 0 Å². The van der Waals surface area contributed by atoms with E-state index in [4.69, 9.17) is 0 Å². The normalized spacial score (nSPS) is 16.0. The molecule has 2 aromatic rings. The van der Waals surface area contributed by atoms with Gasteiger partial charge in [0.05, 0.1) is 0 Å². The third-order valence-electron chi connectivity index (χ3n) is 2.62. The lowest BCUT2D eigenvalue weighted by Gasteiger charge is -2.08. The summed E-state index contributed by atoms with van der Waals surface area (Å²) in [4.78, 5) is 1.50. The van der Waals surface area contributed by atoms with Crippen LogP contribution in [0.2, 0.25) is 0 Å². The van der Waals surface area contributed by atoms with Crippen molar-refractivity contribution in [3.8, 4) is 0 Å². The van der Waals surface area contributed by atoms with Crippen molar-refractivity contribution in [1.82, 2.24) is 15.0 Å². The Hall–Kier alpha value is -2.10. The Labute approximate surface area is 92.5 Å². The largest absolute Gasteiger partial charge is 0.510 e. The third kappa shape index (κ3) is 1.39. The fourth-order valence-corrected chi connectivity index (χ4v) is 1.79. The number of aliphatic hydroxyl groups is 1. The maximum atomic E-state index is 9.78. The van der Waals surface area contributed by atoms with Gasteiger partial charge in [-0.05, 0) is 24.6 Å². The number of benzene rings is 1. The first-order chi connectivity index (χ1) is 7.84. The molecule has 0 spiro atoms. The molecular formula is C12H11N3O. The molecule has 1 aromatic heterocycles. The number of hydrogen-bond donors (Lipinski definition) is 1. The number of allylic oxidation sites excluding steroid dienone is 4. The molecule has 0 unspecified atom stereocenters. The topological polar surface area (TPSA) is 50.9 Å². The zero-order valence-electron chi connectivity index (χ0n) is 8.67. The second kappa shape index (κ2) is 3.48. The monoisotopic (exact) mass is 213 g/mol. The Balaban J connectivity index is 2.16. The lowest BCUT2D eigenvalue weighted by atomic mass is 10.1. The maximum Gasteiger partial charge on any atom is 0.123 e. The van der Waals surface area contributed by atoms with Crippen LogP contribution in [-0.4, -0.2) is 20.1 Å². The molecule has 1 aliphatic rings. The summed E-state index contributed by atoms with van der Waals surface area (Å²) in [6.07, 6.45) is 5.40. The summed E-state index contributed by atoms with van der Waals surface area (Å²) in [7, 11) is 0. The van der Waals surface area contributed by atoms with Crippen LogP contribution in [0.1, 0.15) is 12.8 Å². The van der Waals surface area contributed by atoms with Crippen molar-refractivity contribution < 1.29 is 5.11 Å². The first-order valence-corrected chi connectivity index (χ1v) is 5.26. The molecule has 0 amide bonds. The molecule has 4 nitrogen and oxygen atoms in total. The highest BCUT2D eigenvalue weighted by Gasteiger charge is 2.11. The van der Waals surface area contributed by atoms with Gasteiger partial charge in [0.15, 0.2) is 0 Å². The number of rotatable bonds is 1. The van der Waals surface area contributed by atoms with Crippen molar-refractivity contribution in [1.29, 1.82) is 0 Å². The molecule has 1 aromatic carbocycles. The van der Waals surface area contributed by atoms with E-state index >= 15 is 0 Å². The summed E-state index contributed by atoms with van der Waals surface area (Å²) < 4.78 is 0. The van der Waals surface area contributed by atoms with E-state index in [1.807, 2.05) is 36.4 Å². The first kappa shape index (κ1) is 9.15. The Kier molecular flexibility index (Phi) is 1.99. The van der Waals surface area contributed by atoms with E-state index in [0.717, 1.165) is 17.5 Å². The van der Waals surface area contributed by atoms with Gasteiger partial charge >= 0.3 is 0 Å². The molecule has 0 atom stereocenters. The smallest absolute Gasteiger partial charge is 0.123 e. The average molecular weight is 213 g/mol. The van der Waals surface area contributed by atoms with Gasteiger partial charge in [-0.15, -0.1) is 15.0 Å². The number of aliphatic hydroxyl groups excluding tert-OH is 1. The molecule has 80 valence electrons. The average Bonchev–Trinajstić information content (AvgIpc) is 2.73. The lowest BCUT2D eigenvalue weighted by molar-refractivity contribution is 0.385. The zero-order valence-corrected chi connectivity index (χ0v) is 8.67. The molecule has 1 aliphatic carbocycles. The minimum atomic E-state index is 0.350. The highest BCUT2D eigenvalue weighted by Crippen LogP contribution is 2.20. The van der Waals surface area contributed by atoms with Gasteiger partial charge in [0, 0.05) is 6.42 Å². The molecule has 1 heterocycles. The van der Waals surface area contributed by atoms with Crippen LogP contribution in [0, 0.1) is 0 Å². The standard InChI is InChI=1S/C12H11N3O/c16-12-8-4-3-7-11(12)15-13-9-5-1-2-6-10(9)14-15/h1-3,5-7,16H,4,8H2. The number of hydrogen-bond acceptors (Lipinski definition) is 3. The van der Waals surface area contributed by atoms with Gasteiger partial charge in [0.2, 0.25) is 0 Å². The van der Waals surface area contributed by atoms with E-state index in [2.05, 4.69) is 10.2 Å². The van der Waals surface area contributed by atoms with Crippen LogP contribution in [0.15, 0.2) is 42.2 Å². The van der Waals surface area contributed by atoms with E-state index in [0.29, 0.717) is 17.9 Å². The summed E-state index contributed by atoms with van der Waals surface area (Å²) in [6, 6.07) is 7.66. The number of aromatic nitrogens is 3. The SMILES string of the molecule is OC1=C(n2nc3ccccc3n2)C=CCC1. The minimum Gasteiger partial charge on any atom is -0.510 e. The Morgan fingerprint density at radius 1 is 1.12 bits per heavy atom. The summed E-state index contributed by atoms with van der Waals surface area (Å²) in [5.74, 6) is 0.350. The molecule has 0 bridgehead atoms. The summed E-state index contributed by atoms with van der Waals surface area (Å²) in [5, 5.41) is 18.4. The Morgan fingerprint density at radius 3 is 2.44 bits per heavy atom. The first-order valence-electron chi connectivity index (χ1n) is 5.26. The maximum absolute atomic E-state index is 9.78. The van der Waals surface area contributed by atoms with Crippen molar-refractivity contribution >= 4 is 16.7 Å². The third-order valence-corrected chi connectivity index (χ3v) is 2.62. The molecular weight excluding hydrogens is 202 g/mol. The summed E-state index contributed by atoms with van der Waals surface area (Å²) in [5.41, 5.74) is 2.34. The van der Waals surface area contributed by atoms with E-state index < -0.39 is 0 Å². The molecule has 0 aliphatic heterocycles. The van der Waals surface area contributed by atoms with Gasteiger partial charge in [-0.1, -0.05) is 18.2 Å². The Bertz CT molecular complexity index is 562. The number of nitrogens with zero attached hydrogens (tertiary/aromatic N) is 3. The molecule has 3 rings (SSSR count). The van der Waals surface area contributed by atoms with Gasteiger partial charge in [-0.3, -0.25) is 0 Å². The van der Waals surface area contributed by atoms with E-state index in [1.165, 1.54) is 4.80 Å². The van der Waals surface area contributed by atoms with Crippen LogP contribution in [0.25, 0.3) is 16.7 Å². The molecule has 0 saturated heterocycles. The highest BCUT2D eigenvalue weighted by atomic mass is 16.3. The van der Waals surface area contributed by atoms with Gasteiger partial charge in [-0.2, -0.15) is 0 Å². The fourth-order valence-electron chi connectivity index (χ4n) is 1.79. The zero-order chi connectivity index (χ0) is 11.0. The predicted molar refractivity (Wildman–Crippen MR) is 61.7 cm³/mol. The minimum absolute atomic E-state index is 0.350. The Morgan fingerprint density at radius 2 is 1.81 bits per heavy atom. The van der Waals surface area contributed by atoms with Crippen LogP contribution >= 0.6 is 0 Å². The highest BCUT2D eigenvalue weighted by molar-refractivity contribution is 5.74. The van der Waals surface area contributed by atoms with Crippen molar-refractivity contribution in [2.24, 2.45) is 0 Å². The van der Waals surface area contributed by atoms with E-state index in [1.54, 1.807) is 0 Å². The molecule has 0 radical (unpaired) electrons. The van der Waals surface area contributed by atoms with Crippen LogP contribution < -0.4 is 0 Å². The fraction of sp³-hybridized carbons (Fsp3) is 0.167. The molecule has 1 N–H and O–H groups in total. The molecule has 0 fully saturated rings. The van der Waals surface area contributed by atoms with Gasteiger partial charge in [0.1, 0.15) is 22.5 Å². The van der Waals surface area contributed by atoms with Crippen LogP contribution in [-0.2, 0) is 0 Å². The summed E-state index contributed by atoms with van der Waals surface area (Å²) in [6.45, 7) is 0. The van der Waals surface area contributed by atoms with Crippen molar-refractivity contribution in [3.05, 3.63) is 42.2 Å². The predicted octanol–water partition coefficient (Wildman–Crippen LogP) is 2.51. The molecule has 0 saturated carbocycles. The quantitative estimate of drug-likeness (QED) is 0.791. The van der Waals surface area contributed by atoms with Gasteiger partial charge in [0.25, 0.3) is 0 Å². The van der Waals surface area contributed by atoms with Crippen LogP contribution in [0.4, 0.5) is 0 Å². The lowest BCUT2D eigenvalue weighted by Crippen LogP contribution is -2.05. The second-order valence-corrected chi connectivity index (χ2v) is 3.75. The van der Waals surface area contributed by atoms with Gasteiger partial charge in [-0.25, -0.2) is 0 Å². The van der Waals surface area contributed by atoms with Gasteiger partial charge < -0.3 is 5.11 Å². The number of fused-ring (bicyclic) bond motifs is 1. The molecule has 16 heavy (non-hydrogen) atoms. The van der Waals surface area contributed by atoms with Crippen LogP contribution in [0.5, 0.6) is 0 Å². The van der Waals surface area contributed by atoms with Crippen molar-refractivity contribution in [2.45, 2.75) is 12.8 Å². The van der Waals surface area contributed by atoms with E-state index in [9.17, 15) is 5.11 Å². The van der Waals surface area contributed by atoms with Crippen molar-refractivity contribution in [2.75, 3.05) is 0 Å². The molecule has 4 heteroatoms.